The molecule has 0 saturated carbocycles. The summed E-state index contributed by atoms with van der Waals surface area (Å²) in [5, 5.41) is 20.0. The molecule has 0 amide bonds. The molecule has 4 aromatic rings. The second-order valence-electron chi connectivity index (χ2n) is 7.61. The summed E-state index contributed by atoms with van der Waals surface area (Å²) in [6, 6.07) is 8.13. The molecule has 0 spiro atoms. The highest BCUT2D eigenvalue weighted by Gasteiger charge is 2.40. The third-order valence-corrected chi connectivity index (χ3v) is 5.33. The minimum atomic E-state index is -1.78. The van der Waals surface area contributed by atoms with Gasteiger partial charge in [-0.25, -0.2) is 18.4 Å². The number of hydrogen-bond donors (Lipinski definition) is 1. The Labute approximate surface area is 183 Å². The van der Waals surface area contributed by atoms with E-state index in [9.17, 15) is 13.9 Å². The van der Waals surface area contributed by atoms with Crippen LogP contribution >= 0.6 is 0 Å². The summed E-state index contributed by atoms with van der Waals surface area (Å²) in [5.41, 5.74) is 0.662. The summed E-state index contributed by atoms with van der Waals surface area (Å²) in [5.74, 6) is -1.57. The maximum absolute atomic E-state index is 14.7. The second kappa shape index (κ2) is 8.80. The summed E-state index contributed by atoms with van der Waals surface area (Å²) < 4.78 is 31.2. The van der Waals surface area contributed by atoms with Crippen LogP contribution in [0.4, 0.5) is 8.78 Å². The van der Waals surface area contributed by atoms with Crippen LogP contribution in [0.3, 0.4) is 0 Å². The number of rotatable bonds is 7. The molecule has 0 aliphatic carbocycles. The van der Waals surface area contributed by atoms with Gasteiger partial charge in [0.05, 0.1) is 24.5 Å². The van der Waals surface area contributed by atoms with Gasteiger partial charge in [-0.2, -0.15) is 10.2 Å². The monoisotopic (exact) mass is 436 g/mol. The van der Waals surface area contributed by atoms with E-state index in [0.29, 0.717) is 0 Å². The van der Waals surface area contributed by atoms with Crippen molar-refractivity contribution in [3.63, 3.8) is 0 Å². The third kappa shape index (κ3) is 4.47. The first-order chi connectivity index (χ1) is 15.3. The average molecular weight is 436 g/mol. The van der Waals surface area contributed by atoms with E-state index in [1.165, 1.54) is 23.4 Å². The topological polar surface area (TPSA) is 81.6 Å². The Morgan fingerprint density at radius 2 is 2.00 bits per heavy atom. The smallest absolute Gasteiger partial charge is 0.137 e. The van der Waals surface area contributed by atoms with Crippen LogP contribution in [0.1, 0.15) is 35.5 Å². The van der Waals surface area contributed by atoms with Gasteiger partial charge < -0.3 is 5.11 Å². The predicted molar refractivity (Wildman–Crippen MR) is 115 cm³/mol. The van der Waals surface area contributed by atoms with Crippen molar-refractivity contribution in [1.82, 2.24) is 29.5 Å². The van der Waals surface area contributed by atoms with Gasteiger partial charge >= 0.3 is 0 Å². The lowest BCUT2D eigenvalue weighted by molar-refractivity contribution is -0.0369. The van der Waals surface area contributed by atoms with Crippen LogP contribution < -0.4 is 0 Å². The number of nitrogens with zero attached hydrogens (tertiary/aromatic N) is 6. The van der Waals surface area contributed by atoms with Crippen molar-refractivity contribution in [2.24, 2.45) is 0 Å². The molecular weight excluding hydrogens is 414 g/mol. The van der Waals surface area contributed by atoms with Crippen LogP contribution in [0, 0.1) is 18.6 Å². The number of aliphatic hydroxyl groups is 1. The summed E-state index contributed by atoms with van der Waals surface area (Å²) in [6.45, 7) is 3.53. The van der Waals surface area contributed by atoms with Gasteiger partial charge in [0.2, 0.25) is 0 Å². The Morgan fingerprint density at radius 3 is 2.72 bits per heavy atom. The fraction of sp³-hybridized carbons (Fsp3) is 0.217. The maximum Gasteiger partial charge on any atom is 0.137 e. The zero-order valence-corrected chi connectivity index (χ0v) is 17.6. The van der Waals surface area contributed by atoms with Gasteiger partial charge in [0.15, 0.2) is 0 Å². The van der Waals surface area contributed by atoms with E-state index in [0.717, 1.165) is 29.1 Å². The van der Waals surface area contributed by atoms with Crippen molar-refractivity contribution in [1.29, 1.82) is 0 Å². The maximum atomic E-state index is 14.7. The van der Waals surface area contributed by atoms with Gasteiger partial charge in [-0.05, 0) is 44.2 Å². The summed E-state index contributed by atoms with van der Waals surface area (Å²) >= 11 is 0. The Morgan fingerprint density at radius 1 is 1.16 bits per heavy atom. The van der Waals surface area contributed by atoms with E-state index < -0.39 is 23.3 Å². The molecule has 0 saturated heterocycles. The Bertz CT molecular complexity index is 1240. The quantitative estimate of drug-likeness (QED) is 0.477. The first-order valence-electron chi connectivity index (χ1n) is 10.0. The van der Waals surface area contributed by atoms with Gasteiger partial charge in [0, 0.05) is 29.1 Å². The number of aryl methyl sites for hydroxylation is 1. The predicted octanol–water partition coefficient (Wildman–Crippen LogP) is 3.78. The average Bonchev–Trinajstić information content (AvgIpc) is 3.43. The summed E-state index contributed by atoms with van der Waals surface area (Å²) in [7, 11) is 0. The number of hydrogen-bond acceptors (Lipinski definition) is 5. The molecule has 9 heteroatoms. The van der Waals surface area contributed by atoms with Crippen molar-refractivity contribution in [2.45, 2.75) is 32.0 Å². The number of benzene rings is 1. The van der Waals surface area contributed by atoms with Crippen molar-refractivity contribution in [3.05, 3.63) is 95.6 Å². The van der Waals surface area contributed by atoms with Gasteiger partial charge in [0.1, 0.15) is 29.9 Å². The van der Waals surface area contributed by atoms with Crippen molar-refractivity contribution in [2.75, 3.05) is 0 Å². The van der Waals surface area contributed by atoms with Crippen LogP contribution in [0.5, 0.6) is 0 Å². The van der Waals surface area contributed by atoms with Gasteiger partial charge in [-0.3, -0.25) is 9.67 Å². The van der Waals surface area contributed by atoms with Crippen molar-refractivity contribution < 1.29 is 13.9 Å². The molecule has 0 radical (unpaired) electrons. The van der Waals surface area contributed by atoms with Crippen LogP contribution in [-0.2, 0) is 12.1 Å². The van der Waals surface area contributed by atoms with Crippen LogP contribution in [0.25, 0.3) is 12.2 Å². The molecule has 3 heterocycles. The number of aromatic nitrogens is 6. The molecule has 4 rings (SSSR count). The molecule has 1 aromatic carbocycles. The highest BCUT2D eigenvalue weighted by molar-refractivity contribution is 5.67. The zero-order valence-electron chi connectivity index (χ0n) is 17.6. The fourth-order valence-corrected chi connectivity index (χ4v) is 3.55. The van der Waals surface area contributed by atoms with Crippen LogP contribution in [0.15, 0.2) is 61.4 Å². The van der Waals surface area contributed by atoms with E-state index in [1.54, 1.807) is 24.0 Å². The molecule has 0 fully saturated rings. The Kier molecular flexibility index (Phi) is 5.91. The van der Waals surface area contributed by atoms with Crippen LogP contribution in [-0.4, -0.2) is 34.6 Å². The van der Waals surface area contributed by atoms with E-state index in [2.05, 4.69) is 20.2 Å². The molecular formula is C23H22F2N6O. The molecule has 1 N–H and O–H groups in total. The van der Waals surface area contributed by atoms with Gasteiger partial charge in [-0.15, -0.1) is 0 Å². The minimum absolute atomic E-state index is 0.0570. The standard InChI is InChI=1S/C23H22F2N6O/c1-16-4-3-5-20(29-16)8-6-18-11-27-31(12-18)17(2)23(32,13-30-15-26-14-28-30)21-9-7-19(24)10-22(21)25/h3-12,14-15,17,32H,13H2,1-2H3/b8-6+/t17-,23-/m1/s1. The Balaban J connectivity index is 1.66. The third-order valence-electron chi connectivity index (χ3n) is 5.33. The van der Waals surface area contributed by atoms with Crippen molar-refractivity contribution >= 4 is 12.2 Å². The van der Waals surface area contributed by atoms with Gasteiger partial charge in [-0.1, -0.05) is 12.1 Å². The molecule has 0 aliphatic rings. The molecule has 32 heavy (non-hydrogen) atoms. The van der Waals surface area contributed by atoms with E-state index in [4.69, 9.17) is 0 Å². The molecule has 3 aromatic heterocycles. The molecule has 0 bridgehead atoms. The summed E-state index contributed by atoms with van der Waals surface area (Å²) in [4.78, 5) is 8.31. The highest BCUT2D eigenvalue weighted by Crippen LogP contribution is 2.36. The van der Waals surface area contributed by atoms with E-state index >= 15 is 0 Å². The molecule has 0 aliphatic heterocycles. The minimum Gasteiger partial charge on any atom is -0.381 e. The molecule has 164 valence electrons. The summed E-state index contributed by atoms with van der Waals surface area (Å²) in [6.07, 6.45) is 9.84. The second-order valence-corrected chi connectivity index (χ2v) is 7.61. The largest absolute Gasteiger partial charge is 0.381 e. The van der Waals surface area contributed by atoms with E-state index in [1.807, 2.05) is 37.3 Å². The number of halogens is 2. The SMILES string of the molecule is Cc1cccc(/C=C/c2cnn([C@H](C)[C@](O)(Cn3cncn3)c3ccc(F)cc3F)c2)n1. The Hall–Kier alpha value is -3.72. The van der Waals surface area contributed by atoms with Crippen LogP contribution in [0.2, 0.25) is 0 Å². The zero-order chi connectivity index (χ0) is 22.7. The fourth-order valence-electron chi connectivity index (χ4n) is 3.55. The first-order valence-corrected chi connectivity index (χ1v) is 10.0. The molecule has 2 atom stereocenters. The van der Waals surface area contributed by atoms with E-state index in [-0.39, 0.29) is 12.1 Å². The first kappa shape index (κ1) is 21.5. The molecule has 7 nitrogen and oxygen atoms in total. The molecule has 0 unspecified atom stereocenters. The van der Waals surface area contributed by atoms with Crippen molar-refractivity contribution in [3.8, 4) is 0 Å². The highest BCUT2D eigenvalue weighted by atomic mass is 19.1. The lowest BCUT2D eigenvalue weighted by Gasteiger charge is -2.34. The lowest BCUT2D eigenvalue weighted by atomic mass is 9.86. The lowest BCUT2D eigenvalue weighted by Crippen LogP contribution is -2.40. The van der Waals surface area contributed by atoms with Gasteiger partial charge in [0.25, 0.3) is 0 Å². The number of pyridine rings is 1. The normalized spacial score (nSPS) is 14.5.